The number of hydrogen-bond donors (Lipinski definition) is 2. The minimum Gasteiger partial charge on any atom is -0.478 e. The van der Waals surface area contributed by atoms with E-state index in [4.69, 9.17) is 10.4 Å². The average molecular weight is 257 g/mol. The third kappa shape index (κ3) is 2.66. The largest absolute Gasteiger partial charge is 0.478 e. The molecule has 0 amide bonds. The quantitative estimate of drug-likeness (QED) is 0.882. The molecular weight excluding hydrogens is 249 g/mol. The number of pyridine rings is 1. The van der Waals surface area contributed by atoms with E-state index in [-0.39, 0.29) is 16.8 Å². The van der Waals surface area contributed by atoms with Gasteiger partial charge in [0.2, 0.25) is 0 Å². The number of rotatable bonds is 3. The number of nitriles is 1. The van der Waals surface area contributed by atoms with Gasteiger partial charge in [-0.2, -0.15) is 5.26 Å². The summed E-state index contributed by atoms with van der Waals surface area (Å²) < 4.78 is 13.0. The number of nitrogens with one attached hydrogen (secondary N) is 1. The summed E-state index contributed by atoms with van der Waals surface area (Å²) in [6, 6.07) is 6.79. The van der Waals surface area contributed by atoms with Crippen LogP contribution in [-0.2, 0) is 0 Å². The van der Waals surface area contributed by atoms with Crippen LogP contribution in [-0.4, -0.2) is 16.1 Å². The first-order valence-electron chi connectivity index (χ1n) is 5.26. The molecule has 0 saturated heterocycles. The van der Waals surface area contributed by atoms with Gasteiger partial charge in [-0.15, -0.1) is 0 Å². The highest BCUT2D eigenvalue weighted by molar-refractivity contribution is 5.95. The van der Waals surface area contributed by atoms with Crippen LogP contribution in [0, 0.1) is 17.1 Å². The first kappa shape index (κ1) is 12.5. The number of hydrogen-bond acceptors (Lipinski definition) is 4. The van der Waals surface area contributed by atoms with Gasteiger partial charge in [0.1, 0.15) is 11.9 Å². The SMILES string of the molecule is N#Cc1cc(F)ccc1Nc1cnccc1C(=O)O. The van der Waals surface area contributed by atoms with E-state index in [2.05, 4.69) is 10.3 Å². The molecule has 19 heavy (non-hydrogen) atoms. The number of carbonyl (C=O) groups is 1. The van der Waals surface area contributed by atoms with Crippen LogP contribution < -0.4 is 5.32 Å². The van der Waals surface area contributed by atoms with Crippen molar-refractivity contribution in [3.8, 4) is 6.07 Å². The Balaban J connectivity index is 2.43. The number of aromatic nitrogens is 1. The lowest BCUT2D eigenvalue weighted by molar-refractivity contribution is 0.0698. The standard InChI is InChI=1S/C13H8FN3O2/c14-9-1-2-11(8(5-9)6-15)17-12-7-16-4-3-10(12)13(18)19/h1-5,7,17H,(H,18,19). The van der Waals surface area contributed by atoms with E-state index in [0.717, 1.165) is 6.07 Å². The number of halogens is 1. The summed E-state index contributed by atoms with van der Waals surface area (Å²) >= 11 is 0. The zero-order chi connectivity index (χ0) is 13.8. The van der Waals surface area contributed by atoms with Crippen LogP contribution in [0.1, 0.15) is 15.9 Å². The molecule has 5 nitrogen and oxygen atoms in total. The summed E-state index contributed by atoms with van der Waals surface area (Å²) in [5.74, 6) is -1.66. The first-order valence-corrected chi connectivity index (χ1v) is 5.26. The molecule has 6 heteroatoms. The molecule has 0 spiro atoms. The van der Waals surface area contributed by atoms with Crippen LogP contribution in [0.2, 0.25) is 0 Å². The zero-order valence-corrected chi connectivity index (χ0v) is 9.59. The van der Waals surface area contributed by atoms with E-state index in [1.165, 1.54) is 30.6 Å². The van der Waals surface area contributed by atoms with Gasteiger partial charge < -0.3 is 10.4 Å². The van der Waals surface area contributed by atoms with Crippen molar-refractivity contribution in [2.24, 2.45) is 0 Å². The van der Waals surface area contributed by atoms with Crippen molar-refractivity contribution in [3.05, 3.63) is 53.6 Å². The van der Waals surface area contributed by atoms with Crippen molar-refractivity contribution in [1.29, 1.82) is 5.26 Å². The van der Waals surface area contributed by atoms with Crippen molar-refractivity contribution in [2.75, 3.05) is 5.32 Å². The maximum Gasteiger partial charge on any atom is 0.337 e. The lowest BCUT2D eigenvalue weighted by atomic mass is 10.1. The number of carboxylic acids is 1. The van der Waals surface area contributed by atoms with Gasteiger partial charge in [-0.1, -0.05) is 0 Å². The Morgan fingerprint density at radius 1 is 1.37 bits per heavy atom. The van der Waals surface area contributed by atoms with Gasteiger partial charge >= 0.3 is 5.97 Å². The van der Waals surface area contributed by atoms with Crippen LogP contribution in [0.25, 0.3) is 0 Å². The first-order chi connectivity index (χ1) is 9.11. The van der Waals surface area contributed by atoms with Gasteiger partial charge in [0.05, 0.1) is 28.7 Å². The van der Waals surface area contributed by atoms with E-state index < -0.39 is 11.8 Å². The molecule has 0 atom stereocenters. The number of carboxylic acid groups (broad SMARTS) is 1. The second kappa shape index (κ2) is 5.14. The van der Waals surface area contributed by atoms with Crippen molar-refractivity contribution >= 4 is 17.3 Å². The van der Waals surface area contributed by atoms with Crippen molar-refractivity contribution in [2.45, 2.75) is 0 Å². The average Bonchev–Trinajstić information content (AvgIpc) is 2.41. The normalized spacial score (nSPS) is 9.68. The fourth-order valence-electron chi connectivity index (χ4n) is 1.54. The minimum atomic E-state index is -1.12. The molecule has 2 N–H and O–H groups in total. The van der Waals surface area contributed by atoms with Gasteiger partial charge in [-0.3, -0.25) is 4.98 Å². The molecule has 0 unspecified atom stereocenters. The molecule has 0 fully saturated rings. The highest BCUT2D eigenvalue weighted by Crippen LogP contribution is 2.23. The summed E-state index contributed by atoms with van der Waals surface area (Å²) in [6.45, 7) is 0. The lowest BCUT2D eigenvalue weighted by Gasteiger charge is -2.10. The Morgan fingerprint density at radius 2 is 2.16 bits per heavy atom. The van der Waals surface area contributed by atoms with Gasteiger partial charge in [0.25, 0.3) is 0 Å². The molecular formula is C13H8FN3O2. The Hall–Kier alpha value is -2.94. The van der Waals surface area contributed by atoms with E-state index in [1.807, 2.05) is 6.07 Å². The Kier molecular flexibility index (Phi) is 3.39. The molecule has 1 aromatic heterocycles. The molecule has 0 aliphatic carbocycles. The van der Waals surface area contributed by atoms with Gasteiger partial charge in [-0.25, -0.2) is 9.18 Å². The maximum absolute atomic E-state index is 13.0. The molecule has 0 saturated carbocycles. The van der Waals surface area contributed by atoms with Gasteiger partial charge in [-0.05, 0) is 24.3 Å². The topological polar surface area (TPSA) is 86.0 Å². The van der Waals surface area contributed by atoms with Crippen LogP contribution in [0.5, 0.6) is 0 Å². The minimum absolute atomic E-state index is 0.0169. The molecule has 2 rings (SSSR count). The van der Waals surface area contributed by atoms with Crippen LogP contribution in [0.3, 0.4) is 0 Å². The van der Waals surface area contributed by atoms with Crippen LogP contribution in [0.15, 0.2) is 36.7 Å². The Bertz CT molecular complexity index is 680. The number of aromatic carboxylic acids is 1. The third-order valence-corrected chi connectivity index (χ3v) is 2.42. The summed E-state index contributed by atoms with van der Waals surface area (Å²) in [4.78, 5) is 14.8. The summed E-state index contributed by atoms with van der Waals surface area (Å²) in [6.07, 6.45) is 2.68. The van der Waals surface area contributed by atoms with E-state index in [1.54, 1.807) is 0 Å². The molecule has 0 aliphatic heterocycles. The molecule has 1 aromatic carbocycles. The maximum atomic E-state index is 13.0. The number of benzene rings is 1. The summed E-state index contributed by atoms with van der Waals surface area (Å²) in [7, 11) is 0. The van der Waals surface area contributed by atoms with Crippen molar-refractivity contribution in [3.63, 3.8) is 0 Å². The fraction of sp³-hybridized carbons (Fsp3) is 0. The summed E-state index contributed by atoms with van der Waals surface area (Å²) in [5.41, 5.74) is 0.654. The monoisotopic (exact) mass is 257 g/mol. The molecule has 0 radical (unpaired) electrons. The second-order valence-corrected chi connectivity index (χ2v) is 3.65. The molecule has 1 heterocycles. The lowest BCUT2D eigenvalue weighted by Crippen LogP contribution is -2.04. The van der Waals surface area contributed by atoms with Gasteiger partial charge in [0, 0.05) is 6.20 Å². The van der Waals surface area contributed by atoms with E-state index in [0.29, 0.717) is 5.69 Å². The van der Waals surface area contributed by atoms with E-state index >= 15 is 0 Å². The fourth-order valence-corrected chi connectivity index (χ4v) is 1.54. The van der Waals surface area contributed by atoms with E-state index in [9.17, 15) is 9.18 Å². The predicted molar refractivity (Wildman–Crippen MR) is 65.6 cm³/mol. The number of nitrogens with zero attached hydrogens (tertiary/aromatic N) is 2. The van der Waals surface area contributed by atoms with Crippen LogP contribution in [0.4, 0.5) is 15.8 Å². The van der Waals surface area contributed by atoms with Crippen LogP contribution >= 0.6 is 0 Å². The van der Waals surface area contributed by atoms with Crippen molar-refractivity contribution in [1.82, 2.24) is 4.98 Å². The predicted octanol–water partition coefficient (Wildman–Crippen LogP) is 2.53. The molecule has 0 aliphatic rings. The number of anilines is 2. The van der Waals surface area contributed by atoms with Gasteiger partial charge in [0.15, 0.2) is 0 Å². The Morgan fingerprint density at radius 3 is 2.84 bits per heavy atom. The molecule has 94 valence electrons. The highest BCUT2D eigenvalue weighted by Gasteiger charge is 2.11. The Labute approximate surface area is 108 Å². The highest BCUT2D eigenvalue weighted by atomic mass is 19.1. The molecule has 2 aromatic rings. The van der Waals surface area contributed by atoms with Crippen molar-refractivity contribution < 1.29 is 14.3 Å². The second-order valence-electron chi connectivity index (χ2n) is 3.65. The third-order valence-electron chi connectivity index (χ3n) is 2.42. The molecule has 0 bridgehead atoms. The summed E-state index contributed by atoms with van der Waals surface area (Å²) in [5, 5.41) is 20.7. The smallest absolute Gasteiger partial charge is 0.337 e. The zero-order valence-electron chi connectivity index (χ0n) is 9.59.